The molecular weight excluding hydrogens is 262 g/mol. The Kier molecular flexibility index (Phi) is 11.3. The minimum absolute atomic E-state index is 0.0848. The van der Waals surface area contributed by atoms with Crippen LogP contribution < -0.4 is 5.73 Å². The zero-order valence-electron chi connectivity index (χ0n) is 13.3. The maximum Gasteiger partial charge on any atom is 0.0962 e. The minimum atomic E-state index is -0.364. The standard InChI is InChI=1S/C14H31NO5/c1-14(2,3)13(15)12(11-16)20-10-9-19-8-7-18-6-5-17-4/h12-13,16H,5-11,15H2,1-4H3. The fourth-order valence-corrected chi connectivity index (χ4v) is 1.55. The summed E-state index contributed by atoms with van der Waals surface area (Å²) in [6.45, 7) is 9.07. The first-order valence-electron chi connectivity index (χ1n) is 7.06. The summed E-state index contributed by atoms with van der Waals surface area (Å²) in [6.07, 6.45) is -0.364. The van der Waals surface area contributed by atoms with E-state index in [2.05, 4.69) is 0 Å². The summed E-state index contributed by atoms with van der Waals surface area (Å²) in [5, 5.41) is 9.31. The van der Waals surface area contributed by atoms with Crippen LogP contribution in [0.3, 0.4) is 0 Å². The van der Waals surface area contributed by atoms with E-state index in [1.165, 1.54) is 0 Å². The van der Waals surface area contributed by atoms with Gasteiger partial charge in [-0.1, -0.05) is 20.8 Å². The molecular formula is C14H31NO5. The quantitative estimate of drug-likeness (QED) is 0.507. The Morgan fingerprint density at radius 3 is 1.90 bits per heavy atom. The van der Waals surface area contributed by atoms with Gasteiger partial charge >= 0.3 is 0 Å². The van der Waals surface area contributed by atoms with Gasteiger partial charge in [0.05, 0.1) is 52.4 Å². The molecule has 6 nitrogen and oxygen atoms in total. The summed E-state index contributed by atoms with van der Waals surface area (Å²) in [4.78, 5) is 0. The van der Waals surface area contributed by atoms with E-state index in [4.69, 9.17) is 24.7 Å². The molecule has 122 valence electrons. The molecule has 2 atom stereocenters. The lowest BCUT2D eigenvalue weighted by atomic mass is 9.84. The molecule has 0 aliphatic heterocycles. The van der Waals surface area contributed by atoms with Crippen molar-refractivity contribution in [2.45, 2.75) is 32.9 Å². The second kappa shape index (κ2) is 11.4. The largest absolute Gasteiger partial charge is 0.394 e. The highest BCUT2D eigenvalue weighted by molar-refractivity contribution is 4.84. The molecule has 0 bridgehead atoms. The number of hydrogen-bond acceptors (Lipinski definition) is 6. The average Bonchev–Trinajstić information content (AvgIpc) is 2.39. The van der Waals surface area contributed by atoms with Crippen LogP contribution in [0.2, 0.25) is 0 Å². The predicted molar refractivity (Wildman–Crippen MR) is 77.8 cm³/mol. The number of rotatable bonds is 12. The molecule has 0 aromatic heterocycles. The van der Waals surface area contributed by atoms with E-state index < -0.39 is 0 Å². The molecule has 0 saturated carbocycles. The van der Waals surface area contributed by atoms with E-state index in [9.17, 15) is 5.11 Å². The second-order valence-corrected chi connectivity index (χ2v) is 5.70. The van der Waals surface area contributed by atoms with Crippen molar-refractivity contribution in [2.75, 3.05) is 53.4 Å². The molecule has 0 aliphatic rings. The summed E-state index contributed by atoms with van der Waals surface area (Å²) >= 11 is 0. The fourth-order valence-electron chi connectivity index (χ4n) is 1.55. The Bertz CT molecular complexity index is 220. The van der Waals surface area contributed by atoms with Crippen molar-refractivity contribution in [3.05, 3.63) is 0 Å². The third-order valence-electron chi connectivity index (χ3n) is 2.94. The monoisotopic (exact) mass is 293 g/mol. The van der Waals surface area contributed by atoms with Crippen molar-refractivity contribution in [1.29, 1.82) is 0 Å². The lowest BCUT2D eigenvalue weighted by Gasteiger charge is -2.33. The van der Waals surface area contributed by atoms with E-state index in [0.717, 1.165) is 0 Å². The van der Waals surface area contributed by atoms with Gasteiger partial charge in [-0.05, 0) is 5.41 Å². The van der Waals surface area contributed by atoms with Crippen molar-refractivity contribution in [1.82, 2.24) is 0 Å². The molecule has 0 radical (unpaired) electrons. The summed E-state index contributed by atoms with van der Waals surface area (Å²) in [5.74, 6) is 0. The molecule has 0 amide bonds. The molecule has 3 N–H and O–H groups in total. The Balaban J connectivity index is 3.57. The second-order valence-electron chi connectivity index (χ2n) is 5.70. The van der Waals surface area contributed by atoms with Gasteiger partial charge in [-0.2, -0.15) is 0 Å². The topological polar surface area (TPSA) is 83.2 Å². The number of methoxy groups -OCH3 is 1. The molecule has 0 rings (SSSR count). The highest BCUT2D eigenvalue weighted by atomic mass is 16.6. The van der Waals surface area contributed by atoms with Gasteiger partial charge in [0, 0.05) is 13.2 Å². The molecule has 0 fully saturated rings. The third kappa shape index (κ3) is 9.63. The van der Waals surface area contributed by atoms with Gasteiger partial charge in [-0.3, -0.25) is 0 Å². The first kappa shape index (κ1) is 19.8. The van der Waals surface area contributed by atoms with Crippen molar-refractivity contribution in [3.63, 3.8) is 0 Å². The molecule has 2 unspecified atom stereocenters. The zero-order valence-corrected chi connectivity index (χ0v) is 13.3. The van der Waals surface area contributed by atoms with Crippen LogP contribution in [0.4, 0.5) is 0 Å². The molecule has 20 heavy (non-hydrogen) atoms. The SMILES string of the molecule is COCCOCCOCCOC(CO)C(N)C(C)(C)C. The number of ether oxygens (including phenoxy) is 4. The Hall–Kier alpha value is -0.240. The van der Waals surface area contributed by atoms with Crippen LogP contribution in [0, 0.1) is 5.41 Å². The fraction of sp³-hybridized carbons (Fsp3) is 1.00. The van der Waals surface area contributed by atoms with Gasteiger partial charge in [0.1, 0.15) is 0 Å². The van der Waals surface area contributed by atoms with Crippen LogP contribution in [0.1, 0.15) is 20.8 Å². The molecule has 0 spiro atoms. The normalized spacial score (nSPS) is 15.3. The smallest absolute Gasteiger partial charge is 0.0962 e. The van der Waals surface area contributed by atoms with Gasteiger partial charge in [-0.25, -0.2) is 0 Å². The van der Waals surface area contributed by atoms with E-state index in [0.29, 0.717) is 39.6 Å². The van der Waals surface area contributed by atoms with Crippen LogP contribution >= 0.6 is 0 Å². The van der Waals surface area contributed by atoms with Crippen molar-refractivity contribution in [3.8, 4) is 0 Å². The number of aliphatic hydroxyl groups excluding tert-OH is 1. The lowest BCUT2D eigenvalue weighted by molar-refractivity contribution is -0.0525. The molecule has 0 saturated heterocycles. The van der Waals surface area contributed by atoms with E-state index >= 15 is 0 Å². The van der Waals surface area contributed by atoms with E-state index in [1.54, 1.807) is 7.11 Å². The lowest BCUT2D eigenvalue weighted by Crippen LogP contribution is -2.48. The molecule has 0 aromatic carbocycles. The van der Waals surface area contributed by atoms with Crippen LogP contribution in [0.15, 0.2) is 0 Å². The van der Waals surface area contributed by atoms with E-state index in [-0.39, 0.29) is 24.2 Å². The molecule has 0 aromatic rings. The van der Waals surface area contributed by atoms with Crippen LogP contribution in [0.5, 0.6) is 0 Å². The van der Waals surface area contributed by atoms with Crippen LogP contribution in [-0.4, -0.2) is 70.6 Å². The molecule has 0 heterocycles. The third-order valence-corrected chi connectivity index (χ3v) is 2.94. The number of aliphatic hydroxyl groups is 1. The van der Waals surface area contributed by atoms with Crippen LogP contribution in [-0.2, 0) is 18.9 Å². The maximum atomic E-state index is 9.31. The number of nitrogens with two attached hydrogens (primary N) is 1. The predicted octanol–water partition coefficient (Wildman–Crippen LogP) is 0.417. The van der Waals surface area contributed by atoms with Crippen LogP contribution in [0.25, 0.3) is 0 Å². The highest BCUT2D eigenvalue weighted by Gasteiger charge is 2.29. The van der Waals surface area contributed by atoms with Gasteiger partial charge in [0.2, 0.25) is 0 Å². The Morgan fingerprint density at radius 2 is 1.45 bits per heavy atom. The van der Waals surface area contributed by atoms with Gasteiger partial charge in [0.15, 0.2) is 0 Å². The zero-order chi connectivity index (χ0) is 15.4. The molecule has 0 aliphatic carbocycles. The maximum absolute atomic E-state index is 9.31. The Morgan fingerprint density at radius 1 is 0.950 bits per heavy atom. The van der Waals surface area contributed by atoms with E-state index in [1.807, 2.05) is 20.8 Å². The van der Waals surface area contributed by atoms with Gasteiger partial charge in [0.25, 0.3) is 0 Å². The van der Waals surface area contributed by atoms with Crippen molar-refractivity contribution >= 4 is 0 Å². The molecule has 6 heteroatoms. The highest BCUT2D eigenvalue weighted by Crippen LogP contribution is 2.21. The summed E-state index contributed by atoms with van der Waals surface area (Å²) in [7, 11) is 1.64. The van der Waals surface area contributed by atoms with Crippen molar-refractivity contribution in [2.24, 2.45) is 11.1 Å². The van der Waals surface area contributed by atoms with Gasteiger partial charge < -0.3 is 29.8 Å². The average molecular weight is 293 g/mol. The first-order valence-corrected chi connectivity index (χ1v) is 7.06. The summed E-state index contributed by atoms with van der Waals surface area (Å²) in [5.41, 5.74) is 5.95. The summed E-state index contributed by atoms with van der Waals surface area (Å²) in [6, 6.07) is -0.218. The number of hydrogen-bond donors (Lipinski definition) is 2. The minimum Gasteiger partial charge on any atom is -0.394 e. The summed E-state index contributed by atoms with van der Waals surface area (Å²) < 4.78 is 21.0. The van der Waals surface area contributed by atoms with Gasteiger partial charge in [-0.15, -0.1) is 0 Å². The Labute approximate surface area is 122 Å². The van der Waals surface area contributed by atoms with Crippen molar-refractivity contribution < 1.29 is 24.1 Å². The first-order chi connectivity index (χ1) is 9.43.